The first-order chi connectivity index (χ1) is 12.7. The minimum Gasteiger partial charge on any atom is -0.454 e. The van der Waals surface area contributed by atoms with Crippen molar-refractivity contribution >= 4 is 52.7 Å². The van der Waals surface area contributed by atoms with Crippen molar-refractivity contribution in [2.45, 2.75) is 32.2 Å². The molecule has 10 heteroatoms. The van der Waals surface area contributed by atoms with E-state index in [4.69, 9.17) is 27.9 Å². The highest BCUT2D eigenvalue weighted by molar-refractivity contribution is 6.42. The summed E-state index contributed by atoms with van der Waals surface area (Å²) in [6.45, 7) is 2.41. The lowest BCUT2D eigenvalue weighted by Crippen LogP contribution is -2.46. The van der Waals surface area contributed by atoms with E-state index in [1.165, 1.54) is 18.2 Å². The van der Waals surface area contributed by atoms with E-state index in [0.29, 0.717) is 23.6 Å². The van der Waals surface area contributed by atoms with E-state index in [2.05, 4.69) is 10.6 Å². The highest BCUT2D eigenvalue weighted by Gasteiger charge is 2.49. The van der Waals surface area contributed by atoms with Crippen LogP contribution in [0.3, 0.4) is 0 Å². The van der Waals surface area contributed by atoms with Crippen molar-refractivity contribution in [1.29, 1.82) is 0 Å². The average molecular weight is 416 g/mol. The van der Waals surface area contributed by atoms with Gasteiger partial charge in [0.15, 0.2) is 6.61 Å². The first kappa shape index (κ1) is 21.0. The number of imide groups is 1. The van der Waals surface area contributed by atoms with Crippen LogP contribution in [0.15, 0.2) is 18.2 Å². The molecule has 0 atom stereocenters. The van der Waals surface area contributed by atoms with Gasteiger partial charge in [0.1, 0.15) is 12.1 Å². The zero-order valence-corrected chi connectivity index (χ0v) is 16.3. The van der Waals surface area contributed by atoms with E-state index < -0.39 is 42.5 Å². The summed E-state index contributed by atoms with van der Waals surface area (Å²) in [4.78, 5) is 48.9. The highest BCUT2D eigenvalue weighted by Crippen LogP contribution is 2.25. The molecular formula is C17H19Cl2N3O5. The summed E-state index contributed by atoms with van der Waals surface area (Å²) < 4.78 is 4.84. The van der Waals surface area contributed by atoms with Gasteiger partial charge in [-0.05, 0) is 31.0 Å². The molecule has 146 valence electrons. The molecule has 1 aromatic rings. The van der Waals surface area contributed by atoms with Crippen LogP contribution >= 0.6 is 23.2 Å². The number of rotatable bonds is 7. The monoisotopic (exact) mass is 415 g/mol. The van der Waals surface area contributed by atoms with E-state index in [9.17, 15) is 19.2 Å². The van der Waals surface area contributed by atoms with Crippen molar-refractivity contribution in [3.8, 4) is 0 Å². The van der Waals surface area contributed by atoms with Crippen LogP contribution in [0.1, 0.15) is 26.7 Å². The maximum absolute atomic E-state index is 12.4. The molecule has 1 aromatic carbocycles. The quantitative estimate of drug-likeness (QED) is 0.525. The number of urea groups is 1. The van der Waals surface area contributed by atoms with Crippen molar-refractivity contribution in [3.63, 3.8) is 0 Å². The molecule has 2 rings (SSSR count). The van der Waals surface area contributed by atoms with E-state index in [1.54, 1.807) is 13.8 Å². The number of ether oxygens (including phenoxy) is 1. The van der Waals surface area contributed by atoms with Gasteiger partial charge in [-0.15, -0.1) is 0 Å². The van der Waals surface area contributed by atoms with Crippen molar-refractivity contribution < 1.29 is 23.9 Å². The first-order valence-corrected chi connectivity index (χ1v) is 9.02. The summed E-state index contributed by atoms with van der Waals surface area (Å²) in [7, 11) is 0. The average Bonchev–Trinajstić information content (AvgIpc) is 2.87. The third kappa shape index (κ3) is 4.70. The molecule has 2 N–H and O–H groups in total. The Morgan fingerprint density at radius 1 is 1.19 bits per heavy atom. The lowest BCUT2D eigenvalue weighted by Gasteiger charge is -2.22. The fourth-order valence-electron chi connectivity index (χ4n) is 2.64. The van der Waals surface area contributed by atoms with Gasteiger partial charge in [0, 0.05) is 5.69 Å². The predicted octanol–water partition coefficient (Wildman–Crippen LogP) is 2.59. The number of hydrogen-bond acceptors (Lipinski definition) is 5. The van der Waals surface area contributed by atoms with Gasteiger partial charge in [-0.1, -0.05) is 37.0 Å². The molecule has 1 saturated heterocycles. The zero-order chi connectivity index (χ0) is 20.2. The van der Waals surface area contributed by atoms with Crippen LogP contribution in [0.2, 0.25) is 10.0 Å². The van der Waals surface area contributed by atoms with E-state index >= 15 is 0 Å². The molecule has 0 saturated carbocycles. The molecule has 4 amide bonds. The third-order valence-corrected chi connectivity index (χ3v) is 5.05. The topological polar surface area (TPSA) is 105 Å². The molecule has 0 aliphatic carbocycles. The smallest absolute Gasteiger partial charge is 0.326 e. The molecule has 1 fully saturated rings. The molecule has 0 radical (unpaired) electrons. The van der Waals surface area contributed by atoms with Crippen LogP contribution in [0, 0.1) is 0 Å². The zero-order valence-electron chi connectivity index (χ0n) is 14.8. The fourth-order valence-corrected chi connectivity index (χ4v) is 2.94. The standard InChI is InChI=1S/C17H19Cl2N3O5/c1-3-17(4-2)15(25)22(16(26)21-17)8-14(24)27-9-13(23)20-10-5-6-11(18)12(19)7-10/h5-7H,3-4,8-9H2,1-2H3,(H,20,23)(H,21,26). The summed E-state index contributed by atoms with van der Waals surface area (Å²) in [5.74, 6) is -1.95. The van der Waals surface area contributed by atoms with Crippen LogP contribution in [0.4, 0.5) is 10.5 Å². The number of nitrogens with one attached hydrogen (secondary N) is 2. The van der Waals surface area contributed by atoms with Crippen molar-refractivity contribution in [2.24, 2.45) is 0 Å². The van der Waals surface area contributed by atoms with Gasteiger partial charge in [0.25, 0.3) is 11.8 Å². The summed E-state index contributed by atoms with van der Waals surface area (Å²) in [6.07, 6.45) is 0.817. The third-order valence-electron chi connectivity index (χ3n) is 4.31. The summed E-state index contributed by atoms with van der Waals surface area (Å²) in [5, 5.41) is 5.70. The molecule has 1 aliphatic heterocycles. The largest absolute Gasteiger partial charge is 0.454 e. The molecule has 0 bridgehead atoms. The van der Waals surface area contributed by atoms with Gasteiger partial charge in [0.2, 0.25) is 0 Å². The van der Waals surface area contributed by atoms with Crippen LogP contribution in [-0.2, 0) is 19.1 Å². The van der Waals surface area contributed by atoms with Gasteiger partial charge in [0.05, 0.1) is 10.0 Å². The number of amides is 4. The Morgan fingerprint density at radius 2 is 1.85 bits per heavy atom. The number of halogens is 2. The van der Waals surface area contributed by atoms with Crippen molar-refractivity contribution in [1.82, 2.24) is 10.2 Å². The number of anilines is 1. The second-order valence-corrected chi connectivity index (χ2v) is 6.76. The van der Waals surface area contributed by atoms with E-state index in [0.717, 1.165) is 4.90 Å². The number of hydrogen-bond donors (Lipinski definition) is 2. The van der Waals surface area contributed by atoms with Gasteiger partial charge < -0.3 is 15.4 Å². The second-order valence-electron chi connectivity index (χ2n) is 5.95. The minimum atomic E-state index is -0.997. The molecule has 0 unspecified atom stereocenters. The number of carbonyl (C=O) groups excluding carboxylic acids is 4. The molecule has 0 aromatic heterocycles. The van der Waals surface area contributed by atoms with Gasteiger partial charge in [-0.2, -0.15) is 0 Å². The molecule has 27 heavy (non-hydrogen) atoms. The Labute approximate surface area is 166 Å². The summed E-state index contributed by atoms with van der Waals surface area (Å²) in [5.41, 5.74) is -0.613. The van der Waals surface area contributed by atoms with E-state index in [1.807, 2.05) is 0 Å². The van der Waals surface area contributed by atoms with Crippen molar-refractivity contribution in [2.75, 3.05) is 18.5 Å². The number of benzene rings is 1. The Balaban J connectivity index is 1.87. The molecule has 8 nitrogen and oxygen atoms in total. The number of esters is 1. The minimum absolute atomic E-state index is 0.264. The fraction of sp³-hybridized carbons (Fsp3) is 0.412. The maximum Gasteiger partial charge on any atom is 0.326 e. The molecule has 1 aliphatic rings. The SMILES string of the molecule is CCC1(CC)NC(=O)N(CC(=O)OCC(=O)Nc2ccc(Cl)c(Cl)c2)C1=O. The molecule has 0 spiro atoms. The number of carbonyl (C=O) groups is 4. The second kappa shape index (κ2) is 8.58. The molecule has 1 heterocycles. The van der Waals surface area contributed by atoms with E-state index in [-0.39, 0.29) is 5.02 Å². The van der Waals surface area contributed by atoms with Crippen LogP contribution in [0.5, 0.6) is 0 Å². The van der Waals surface area contributed by atoms with Crippen molar-refractivity contribution in [3.05, 3.63) is 28.2 Å². The number of nitrogens with zero attached hydrogens (tertiary/aromatic N) is 1. The Hall–Kier alpha value is -2.32. The Morgan fingerprint density at radius 3 is 2.41 bits per heavy atom. The normalized spacial score (nSPS) is 15.5. The van der Waals surface area contributed by atoms with Crippen LogP contribution in [0.25, 0.3) is 0 Å². The summed E-state index contributed by atoms with van der Waals surface area (Å²) in [6, 6.07) is 3.85. The maximum atomic E-state index is 12.4. The van der Waals surface area contributed by atoms with Crippen LogP contribution in [-0.4, -0.2) is 47.4 Å². The highest BCUT2D eigenvalue weighted by atomic mass is 35.5. The van der Waals surface area contributed by atoms with Crippen LogP contribution < -0.4 is 10.6 Å². The predicted molar refractivity (Wildman–Crippen MR) is 99.6 cm³/mol. The lowest BCUT2D eigenvalue weighted by molar-refractivity contribution is -0.150. The molecular weight excluding hydrogens is 397 g/mol. The lowest BCUT2D eigenvalue weighted by atomic mass is 9.93. The van der Waals surface area contributed by atoms with Gasteiger partial charge in [-0.25, -0.2) is 4.79 Å². The van der Waals surface area contributed by atoms with Gasteiger partial charge in [-0.3, -0.25) is 19.3 Å². The first-order valence-electron chi connectivity index (χ1n) is 8.27. The Kier molecular flexibility index (Phi) is 6.67. The summed E-state index contributed by atoms with van der Waals surface area (Å²) >= 11 is 11.6. The Bertz CT molecular complexity index is 780. The van der Waals surface area contributed by atoms with Gasteiger partial charge >= 0.3 is 12.0 Å².